The highest BCUT2D eigenvalue weighted by Gasteiger charge is 2.47. The first-order chi connectivity index (χ1) is 17.9. The smallest absolute Gasteiger partial charge is 0.389 e. The Hall–Kier alpha value is -3.89. The molecule has 4 rings (SSSR count). The molecule has 1 heterocycles. The van der Waals surface area contributed by atoms with Gasteiger partial charge in [0.1, 0.15) is 5.75 Å². The molecule has 1 aliphatic heterocycles. The Labute approximate surface area is 217 Å². The third kappa shape index (κ3) is 6.32. The second kappa shape index (κ2) is 10.5. The van der Waals surface area contributed by atoms with Crippen molar-refractivity contribution in [3.05, 3.63) is 59.2 Å². The molecular weight excluding hydrogens is 501 g/mol. The molecule has 2 aromatic rings. The number of carbonyl (C=O) groups excluding carboxylic acids is 3. The third-order valence-corrected chi connectivity index (χ3v) is 6.87. The van der Waals surface area contributed by atoms with E-state index < -0.39 is 54.7 Å². The Kier molecular flexibility index (Phi) is 7.48. The highest BCUT2D eigenvalue weighted by atomic mass is 19.4. The molecule has 1 fully saturated rings. The number of primary amides is 1. The number of nitrogens with zero attached hydrogens (tertiary/aromatic N) is 1. The van der Waals surface area contributed by atoms with Crippen molar-refractivity contribution in [2.75, 3.05) is 5.32 Å². The van der Waals surface area contributed by atoms with Crippen LogP contribution >= 0.6 is 0 Å². The van der Waals surface area contributed by atoms with E-state index in [1.54, 1.807) is 24.3 Å². The maximum Gasteiger partial charge on any atom is 0.389 e. The molecule has 1 unspecified atom stereocenters. The molecule has 0 aromatic heterocycles. The van der Waals surface area contributed by atoms with Gasteiger partial charge in [-0.05, 0) is 37.8 Å². The Morgan fingerprint density at radius 1 is 1.16 bits per heavy atom. The van der Waals surface area contributed by atoms with Crippen LogP contribution in [-0.4, -0.2) is 40.9 Å². The standard InChI is InChI=1S/C27H29F3N4O4/c1-15-4-2-5-17(12-15)21-18-6-3-7-19(35)22(18)33-24(37)23(32-21)34-25(38)26(14-20(31)36,13-16-8-9-16)10-11-27(28,29)30/h2-7,12,16,23,35H,8-11,13-14H2,1H3,(H2,31,36)(H,33,37)(H,34,38)/t23-,26?/m1/s1. The number of phenolic OH excluding ortho intramolecular Hbond substituents is 1. The van der Waals surface area contributed by atoms with Gasteiger partial charge in [-0.1, -0.05) is 48.7 Å². The van der Waals surface area contributed by atoms with Gasteiger partial charge in [0.05, 0.1) is 16.8 Å². The number of aromatic hydroxyl groups is 1. The average molecular weight is 531 g/mol. The fraction of sp³-hybridized carbons (Fsp3) is 0.407. The van der Waals surface area contributed by atoms with Crippen LogP contribution in [0.4, 0.5) is 18.9 Å². The number of amides is 3. The number of para-hydroxylation sites is 1. The number of aryl methyl sites for hydroxylation is 1. The number of hydrogen-bond acceptors (Lipinski definition) is 5. The molecule has 38 heavy (non-hydrogen) atoms. The molecule has 3 amide bonds. The van der Waals surface area contributed by atoms with Crippen LogP contribution in [-0.2, 0) is 14.4 Å². The van der Waals surface area contributed by atoms with Crippen LogP contribution in [0.3, 0.4) is 0 Å². The van der Waals surface area contributed by atoms with Gasteiger partial charge >= 0.3 is 6.18 Å². The fourth-order valence-corrected chi connectivity index (χ4v) is 4.85. The minimum Gasteiger partial charge on any atom is -0.506 e. The minimum absolute atomic E-state index is 0.0103. The van der Waals surface area contributed by atoms with Gasteiger partial charge in [0.25, 0.3) is 5.91 Å². The fourth-order valence-electron chi connectivity index (χ4n) is 4.85. The first-order valence-corrected chi connectivity index (χ1v) is 12.3. The summed E-state index contributed by atoms with van der Waals surface area (Å²) in [5.74, 6) is -2.82. The van der Waals surface area contributed by atoms with Gasteiger partial charge in [0.15, 0.2) is 0 Å². The SMILES string of the molecule is Cc1cccc(C2=N[C@H](NC(=O)C(CCC(F)(F)F)(CC(N)=O)CC3CC3)C(=O)Nc3c(O)cccc32)c1. The number of halogens is 3. The van der Waals surface area contributed by atoms with E-state index in [1.807, 2.05) is 19.1 Å². The van der Waals surface area contributed by atoms with E-state index in [4.69, 9.17) is 5.73 Å². The summed E-state index contributed by atoms with van der Waals surface area (Å²) in [4.78, 5) is 43.3. The number of benzodiazepines with no additional fused rings is 1. The molecule has 0 bridgehead atoms. The highest BCUT2D eigenvalue weighted by molar-refractivity contribution is 6.20. The lowest BCUT2D eigenvalue weighted by Crippen LogP contribution is -2.51. The van der Waals surface area contributed by atoms with Crippen molar-refractivity contribution < 1.29 is 32.7 Å². The van der Waals surface area contributed by atoms with Crippen molar-refractivity contribution in [3.63, 3.8) is 0 Å². The number of nitrogens with one attached hydrogen (secondary N) is 2. The zero-order valence-electron chi connectivity index (χ0n) is 20.8. The summed E-state index contributed by atoms with van der Waals surface area (Å²) in [6.45, 7) is 1.86. The molecule has 1 aliphatic carbocycles. The van der Waals surface area contributed by atoms with Gasteiger partial charge in [-0.15, -0.1) is 0 Å². The molecule has 5 N–H and O–H groups in total. The number of phenols is 1. The van der Waals surface area contributed by atoms with Gasteiger partial charge in [-0.2, -0.15) is 13.2 Å². The molecule has 202 valence electrons. The summed E-state index contributed by atoms with van der Waals surface area (Å²) >= 11 is 0. The van der Waals surface area contributed by atoms with Crippen LogP contribution in [0.5, 0.6) is 5.75 Å². The Morgan fingerprint density at radius 2 is 1.87 bits per heavy atom. The van der Waals surface area contributed by atoms with Crippen molar-refractivity contribution in [3.8, 4) is 5.75 Å². The number of hydrogen-bond donors (Lipinski definition) is 4. The Morgan fingerprint density at radius 3 is 2.50 bits per heavy atom. The third-order valence-electron chi connectivity index (χ3n) is 6.87. The van der Waals surface area contributed by atoms with E-state index in [-0.39, 0.29) is 23.8 Å². The van der Waals surface area contributed by atoms with Crippen LogP contribution in [0, 0.1) is 18.3 Å². The quantitative estimate of drug-likeness (QED) is 0.366. The number of anilines is 1. The van der Waals surface area contributed by atoms with Crippen LogP contribution in [0.2, 0.25) is 0 Å². The maximum atomic E-state index is 13.7. The zero-order chi connectivity index (χ0) is 27.7. The average Bonchev–Trinajstić information content (AvgIpc) is 3.65. The molecule has 0 saturated heterocycles. The second-order valence-electron chi connectivity index (χ2n) is 10.1. The minimum atomic E-state index is -4.55. The Balaban J connectivity index is 1.74. The molecular formula is C27H29F3N4O4. The number of alkyl halides is 3. The Bertz CT molecular complexity index is 1290. The van der Waals surface area contributed by atoms with Gasteiger partial charge in [-0.3, -0.25) is 14.4 Å². The molecule has 1 saturated carbocycles. The van der Waals surface area contributed by atoms with Crippen LogP contribution in [0.25, 0.3) is 0 Å². The number of fused-ring (bicyclic) bond motifs is 1. The first kappa shape index (κ1) is 27.2. The van der Waals surface area contributed by atoms with Gasteiger partial charge in [0.2, 0.25) is 18.0 Å². The van der Waals surface area contributed by atoms with E-state index in [0.29, 0.717) is 16.8 Å². The van der Waals surface area contributed by atoms with Crippen molar-refractivity contribution in [2.45, 2.75) is 57.8 Å². The molecule has 8 nitrogen and oxygen atoms in total. The van der Waals surface area contributed by atoms with E-state index in [9.17, 15) is 32.7 Å². The summed E-state index contributed by atoms with van der Waals surface area (Å²) < 4.78 is 39.7. The van der Waals surface area contributed by atoms with Crippen LogP contribution < -0.4 is 16.4 Å². The lowest BCUT2D eigenvalue weighted by atomic mass is 9.74. The molecule has 0 spiro atoms. The lowest BCUT2D eigenvalue weighted by Gasteiger charge is -2.33. The molecule has 11 heteroatoms. The maximum absolute atomic E-state index is 13.7. The largest absolute Gasteiger partial charge is 0.506 e. The van der Waals surface area contributed by atoms with Crippen molar-refractivity contribution >= 4 is 29.1 Å². The molecule has 2 atom stereocenters. The predicted molar refractivity (Wildman–Crippen MR) is 134 cm³/mol. The van der Waals surface area contributed by atoms with Crippen molar-refractivity contribution in [1.82, 2.24) is 5.32 Å². The topological polar surface area (TPSA) is 134 Å². The van der Waals surface area contributed by atoms with Gasteiger partial charge in [-0.25, -0.2) is 4.99 Å². The lowest BCUT2D eigenvalue weighted by molar-refractivity contribution is -0.152. The van der Waals surface area contributed by atoms with E-state index >= 15 is 0 Å². The summed E-state index contributed by atoms with van der Waals surface area (Å²) in [7, 11) is 0. The van der Waals surface area contributed by atoms with Gasteiger partial charge in [0, 0.05) is 24.0 Å². The number of nitrogens with two attached hydrogens (primary N) is 1. The molecule has 2 aliphatic rings. The normalized spacial score (nSPS) is 18.9. The first-order valence-electron chi connectivity index (χ1n) is 12.3. The van der Waals surface area contributed by atoms with E-state index in [1.165, 1.54) is 6.07 Å². The summed E-state index contributed by atoms with van der Waals surface area (Å²) in [5.41, 5.74) is 5.93. The summed E-state index contributed by atoms with van der Waals surface area (Å²) in [6, 6.07) is 11.8. The molecule has 0 radical (unpaired) electrons. The monoisotopic (exact) mass is 530 g/mol. The summed E-state index contributed by atoms with van der Waals surface area (Å²) in [6.07, 6.45) is -7.11. The number of rotatable bonds is 9. The summed E-state index contributed by atoms with van der Waals surface area (Å²) in [5, 5.41) is 15.5. The van der Waals surface area contributed by atoms with Crippen molar-refractivity contribution in [2.24, 2.45) is 22.1 Å². The number of benzene rings is 2. The van der Waals surface area contributed by atoms with Gasteiger partial charge < -0.3 is 21.5 Å². The van der Waals surface area contributed by atoms with Crippen LogP contribution in [0.15, 0.2) is 47.5 Å². The highest BCUT2D eigenvalue weighted by Crippen LogP contribution is 2.46. The molecule has 2 aromatic carbocycles. The van der Waals surface area contributed by atoms with E-state index in [0.717, 1.165) is 18.4 Å². The number of aliphatic imine (C=N–C) groups is 1. The van der Waals surface area contributed by atoms with Crippen molar-refractivity contribution in [1.29, 1.82) is 0 Å². The zero-order valence-corrected chi connectivity index (χ0v) is 20.8. The van der Waals surface area contributed by atoms with E-state index in [2.05, 4.69) is 15.6 Å². The van der Waals surface area contributed by atoms with Crippen LogP contribution in [0.1, 0.15) is 55.2 Å². The predicted octanol–water partition coefficient (Wildman–Crippen LogP) is 3.94. The number of carbonyl (C=O) groups is 3. The second-order valence-corrected chi connectivity index (χ2v) is 10.1.